The van der Waals surface area contributed by atoms with Crippen molar-refractivity contribution in [2.24, 2.45) is 0 Å². The molecule has 0 saturated carbocycles. The monoisotopic (exact) mass is 150 g/mol. The predicted octanol–water partition coefficient (Wildman–Crippen LogP) is -0.981. The van der Waals surface area contributed by atoms with Gasteiger partial charge in [0.1, 0.15) is 10.5 Å². The van der Waals surface area contributed by atoms with E-state index in [2.05, 4.69) is 6.55 Å². The maximum absolute atomic E-state index is 8.39. The molecule has 0 aromatic carbocycles. The van der Waals surface area contributed by atoms with E-state index in [4.69, 9.17) is 9.22 Å². The molecule has 50 valence electrons. The number of hydrogen-bond donors (Lipinski definition) is 1. The summed E-state index contributed by atoms with van der Waals surface area (Å²) in [6.45, 7) is 2.49. The molecular weight excluding hydrogens is 136 g/mol. The molecule has 0 spiro atoms. The standard InChI is InChI=1S/C4H14O2Si2/c1-8(6-7)4-2-3-5/h5,8H,2-4H2,1,7H3. The van der Waals surface area contributed by atoms with Crippen LogP contribution in [0, 0.1) is 0 Å². The second-order valence-corrected chi connectivity index (χ2v) is 6.00. The molecule has 1 unspecified atom stereocenters. The van der Waals surface area contributed by atoms with Crippen molar-refractivity contribution in [2.45, 2.75) is 19.0 Å². The van der Waals surface area contributed by atoms with E-state index in [1.807, 2.05) is 0 Å². The quantitative estimate of drug-likeness (QED) is 0.522. The Balaban J connectivity index is 2.86. The summed E-state index contributed by atoms with van der Waals surface area (Å²) in [5, 5.41) is 8.39. The van der Waals surface area contributed by atoms with Gasteiger partial charge in [0.25, 0.3) is 0 Å². The summed E-state index contributed by atoms with van der Waals surface area (Å²) in [7, 11) is 0.0725. The van der Waals surface area contributed by atoms with Crippen LogP contribution in [0.15, 0.2) is 0 Å². The highest BCUT2D eigenvalue weighted by atomic mass is 28.3. The lowest BCUT2D eigenvalue weighted by Gasteiger charge is -2.04. The first kappa shape index (κ1) is 8.35. The number of hydrogen-bond acceptors (Lipinski definition) is 2. The zero-order chi connectivity index (χ0) is 6.41. The van der Waals surface area contributed by atoms with Gasteiger partial charge in [0.05, 0.1) is 0 Å². The van der Waals surface area contributed by atoms with Crippen LogP contribution in [0.5, 0.6) is 0 Å². The van der Waals surface area contributed by atoms with Crippen molar-refractivity contribution >= 4 is 19.5 Å². The summed E-state index contributed by atoms with van der Waals surface area (Å²) in [6.07, 6.45) is 0.926. The Morgan fingerprint density at radius 1 is 1.75 bits per heavy atom. The maximum Gasteiger partial charge on any atom is 0.159 e. The van der Waals surface area contributed by atoms with Crippen molar-refractivity contribution in [1.29, 1.82) is 0 Å². The van der Waals surface area contributed by atoms with Gasteiger partial charge in [-0.25, -0.2) is 0 Å². The van der Waals surface area contributed by atoms with E-state index in [9.17, 15) is 0 Å². The molecule has 8 heavy (non-hydrogen) atoms. The Morgan fingerprint density at radius 3 is 2.75 bits per heavy atom. The van der Waals surface area contributed by atoms with Crippen LogP contribution < -0.4 is 0 Å². The fourth-order valence-corrected chi connectivity index (χ4v) is 2.20. The maximum atomic E-state index is 8.39. The molecule has 0 aliphatic rings. The Bertz CT molecular complexity index is 51.3. The lowest BCUT2D eigenvalue weighted by Crippen LogP contribution is -2.10. The Labute approximate surface area is 55.1 Å². The first-order chi connectivity index (χ1) is 3.81. The van der Waals surface area contributed by atoms with E-state index >= 15 is 0 Å². The smallest absolute Gasteiger partial charge is 0.159 e. The molecular formula is C4H14O2Si2. The molecule has 0 bridgehead atoms. The number of aliphatic hydroxyl groups excluding tert-OH is 1. The molecule has 0 aromatic rings. The van der Waals surface area contributed by atoms with Crippen LogP contribution in [-0.4, -0.2) is 31.2 Å². The van der Waals surface area contributed by atoms with Gasteiger partial charge in [-0.05, 0) is 19.0 Å². The SMILES string of the molecule is C[SiH](CCCO)O[SiH3]. The number of rotatable bonds is 4. The first-order valence-electron chi connectivity index (χ1n) is 2.95. The van der Waals surface area contributed by atoms with E-state index in [1.54, 1.807) is 0 Å². The molecule has 0 amide bonds. The van der Waals surface area contributed by atoms with Crippen LogP contribution in [-0.2, 0) is 4.12 Å². The highest BCUT2D eigenvalue weighted by Gasteiger charge is 1.98. The summed E-state index contributed by atoms with van der Waals surface area (Å²) in [6, 6.07) is 1.12. The van der Waals surface area contributed by atoms with Crippen molar-refractivity contribution in [1.82, 2.24) is 0 Å². The Morgan fingerprint density at radius 2 is 2.38 bits per heavy atom. The molecule has 0 aliphatic heterocycles. The van der Waals surface area contributed by atoms with Gasteiger partial charge >= 0.3 is 0 Å². The second-order valence-electron chi connectivity index (χ2n) is 1.91. The summed E-state index contributed by atoms with van der Waals surface area (Å²) in [5.74, 6) is 0. The molecule has 4 heteroatoms. The lowest BCUT2D eigenvalue weighted by atomic mass is 10.5. The average Bonchev–Trinajstić information content (AvgIpc) is 1.83. The van der Waals surface area contributed by atoms with Gasteiger partial charge in [-0.2, -0.15) is 0 Å². The Kier molecular flexibility index (Phi) is 5.73. The third-order valence-corrected chi connectivity index (χ3v) is 5.61. The predicted molar refractivity (Wildman–Crippen MR) is 40.5 cm³/mol. The molecule has 0 rings (SSSR count). The molecule has 0 aliphatic carbocycles. The van der Waals surface area contributed by atoms with Crippen molar-refractivity contribution < 1.29 is 9.22 Å². The Hall–Kier alpha value is 0.354. The van der Waals surface area contributed by atoms with E-state index in [0.717, 1.165) is 23.0 Å². The van der Waals surface area contributed by atoms with E-state index in [-0.39, 0.29) is 0 Å². The van der Waals surface area contributed by atoms with Crippen molar-refractivity contribution in [3.05, 3.63) is 0 Å². The van der Waals surface area contributed by atoms with Gasteiger partial charge in [-0.3, -0.25) is 0 Å². The zero-order valence-electron chi connectivity index (χ0n) is 5.55. The van der Waals surface area contributed by atoms with Gasteiger partial charge in [0, 0.05) is 6.61 Å². The van der Waals surface area contributed by atoms with E-state index < -0.39 is 9.04 Å². The van der Waals surface area contributed by atoms with Crippen LogP contribution in [0.1, 0.15) is 6.42 Å². The molecule has 2 nitrogen and oxygen atoms in total. The van der Waals surface area contributed by atoms with Gasteiger partial charge < -0.3 is 9.22 Å². The highest BCUT2D eigenvalue weighted by Crippen LogP contribution is 1.95. The minimum atomic E-state index is -0.797. The summed E-state index contributed by atoms with van der Waals surface area (Å²) < 4.78 is 5.22. The van der Waals surface area contributed by atoms with Gasteiger partial charge in [-0.1, -0.05) is 0 Å². The van der Waals surface area contributed by atoms with Gasteiger partial charge in [0.2, 0.25) is 0 Å². The summed E-state index contributed by atoms with van der Waals surface area (Å²) in [5.41, 5.74) is 0. The topological polar surface area (TPSA) is 29.5 Å². The fourth-order valence-electron chi connectivity index (χ4n) is 0.497. The molecule has 1 atom stereocenters. The van der Waals surface area contributed by atoms with Crippen LogP contribution in [0.4, 0.5) is 0 Å². The van der Waals surface area contributed by atoms with Crippen molar-refractivity contribution in [2.75, 3.05) is 6.61 Å². The molecule has 0 aromatic heterocycles. The number of aliphatic hydroxyl groups is 1. The van der Waals surface area contributed by atoms with Crippen LogP contribution >= 0.6 is 0 Å². The second kappa shape index (κ2) is 5.49. The van der Waals surface area contributed by atoms with E-state index in [1.165, 1.54) is 0 Å². The summed E-state index contributed by atoms with van der Waals surface area (Å²) in [4.78, 5) is 0. The highest BCUT2D eigenvalue weighted by molar-refractivity contribution is 6.54. The van der Waals surface area contributed by atoms with Crippen molar-refractivity contribution in [3.63, 3.8) is 0 Å². The lowest BCUT2D eigenvalue weighted by molar-refractivity contribution is 0.293. The van der Waals surface area contributed by atoms with Crippen LogP contribution in [0.25, 0.3) is 0 Å². The average molecular weight is 150 g/mol. The third kappa shape index (κ3) is 4.51. The largest absolute Gasteiger partial charge is 0.466 e. The van der Waals surface area contributed by atoms with Crippen LogP contribution in [0.2, 0.25) is 12.6 Å². The first-order valence-corrected chi connectivity index (χ1v) is 6.20. The molecule has 0 heterocycles. The molecule has 0 saturated heterocycles. The van der Waals surface area contributed by atoms with Crippen molar-refractivity contribution in [3.8, 4) is 0 Å². The van der Waals surface area contributed by atoms with Gasteiger partial charge in [0.15, 0.2) is 9.04 Å². The molecule has 1 N–H and O–H groups in total. The normalized spacial score (nSPS) is 14.2. The summed E-state index contributed by atoms with van der Waals surface area (Å²) >= 11 is 0. The van der Waals surface area contributed by atoms with E-state index in [0.29, 0.717) is 6.61 Å². The molecule has 0 radical (unpaired) electrons. The molecule has 0 fully saturated rings. The minimum Gasteiger partial charge on any atom is -0.466 e. The van der Waals surface area contributed by atoms with Gasteiger partial charge in [-0.15, -0.1) is 0 Å². The zero-order valence-corrected chi connectivity index (χ0v) is 8.71. The fraction of sp³-hybridized carbons (Fsp3) is 1.00. The van der Waals surface area contributed by atoms with Crippen LogP contribution in [0.3, 0.4) is 0 Å². The minimum absolute atomic E-state index is 0.322. The third-order valence-electron chi connectivity index (χ3n) is 1.17.